The summed E-state index contributed by atoms with van der Waals surface area (Å²) in [4.78, 5) is 59.7. The fraction of sp³-hybridized carbons (Fsp3) is 0.440. The van der Waals surface area contributed by atoms with Gasteiger partial charge in [0, 0.05) is 38.0 Å². The molecule has 1 aromatic heterocycles. The molecule has 0 bridgehead atoms. The maximum atomic E-state index is 13.8. The molecule has 1 saturated heterocycles. The number of hydroxylamine groups is 2. The summed E-state index contributed by atoms with van der Waals surface area (Å²) in [6, 6.07) is 2.84. The lowest BCUT2D eigenvalue weighted by Gasteiger charge is -2.23. The van der Waals surface area contributed by atoms with Crippen molar-refractivity contribution >= 4 is 57.4 Å². The molecule has 0 saturated carbocycles. The van der Waals surface area contributed by atoms with E-state index in [1.165, 1.54) is 35.3 Å². The Morgan fingerprint density at radius 1 is 1.15 bits per heavy atom. The van der Waals surface area contributed by atoms with Gasteiger partial charge in [-0.05, 0) is 23.6 Å². The van der Waals surface area contributed by atoms with Crippen molar-refractivity contribution in [3.05, 3.63) is 45.3 Å². The van der Waals surface area contributed by atoms with Crippen LogP contribution in [0.15, 0.2) is 18.2 Å². The summed E-state index contributed by atoms with van der Waals surface area (Å²) in [5.74, 6) is -3.53. The number of hydrogen-bond donors (Lipinski definition) is 2. The fourth-order valence-corrected chi connectivity index (χ4v) is 4.97. The predicted octanol–water partition coefficient (Wildman–Crippen LogP) is 4.32. The number of carbonyl (C=O) groups excluding carboxylic acids is 4. The Morgan fingerprint density at radius 3 is 2.49 bits per heavy atom. The molecule has 14 heteroatoms. The highest BCUT2D eigenvalue weighted by Gasteiger charge is 2.30. The Morgan fingerprint density at radius 2 is 1.85 bits per heavy atom. The van der Waals surface area contributed by atoms with Gasteiger partial charge in [0.25, 0.3) is 11.8 Å². The molecular formula is C25H30ClF2N5O5S. The van der Waals surface area contributed by atoms with Gasteiger partial charge in [0.1, 0.15) is 16.6 Å². The van der Waals surface area contributed by atoms with Crippen molar-refractivity contribution < 1.29 is 32.8 Å². The number of anilines is 2. The lowest BCUT2D eigenvalue weighted by molar-refractivity contribution is -0.171. The molecule has 2 aromatic rings. The average Bonchev–Trinajstić information content (AvgIpc) is 3.22. The van der Waals surface area contributed by atoms with Gasteiger partial charge in [-0.3, -0.25) is 24.5 Å². The van der Waals surface area contributed by atoms with Gasteiger partial charge in [-0.25, -0.2) is 18.6 Å². The summed E-state index contributed by atoms with van der Waals surface area (Å²) in [5.41, 5.74) is -0.278. The fourth-order valence-electron chi connectivity index (χ4n) is 3.66. The van der Waals surface area contributed by atoms with Gasteiger partial charge in [-0.2, -0.15) is 0 Å². The van der Waals surface area contributed by atoms with E-state index in [9.17, 15) is 28.0 Å². The molecule has 0 radical (unpaired) electrons. The van der Waals surface area contributed by atoms with E-state index in [0.29, 0.717) is 0 Å². The van der Waals surface area contributed by atoms with Crippen LogP contribution in [-0.2, 0) is 19.8 Å². The third-order valence-electron chi connectivity index (χ3n) is 6.04. The Kier molecular flexibility index (Phi) is 9.51. The number of likely N-dealkylation sites (N-methyl/N-ethyl adjacent to an activating group) is 1. The van der Waals surface area contributed by atoms with E-state index < -0.39 is 34.5 Å². The standard InChI is InChI=1S/C25H30ClF2N5O5S/c1-25(2,3)17-12-14(22(39-17)30-24(37)29-16-7-6-15(27)21(28)20(16)26)23(36)32-9-8-18(34)33(11-10-32)13-19(35)31(4)38-5/h6-7,12H,8-11,13H2,1-5H3,(H2,29,30,37). The molecule has 39 heavy (non-hydrogen) atoms. The molecule has 0 aliphatic carbocycles. The normalized spacial score (nSPS) is 14.2. The van der Waals surface area contributed by atoms with Gasteiger partial charge in [-0.15, -0.1) is 11.3 Å². The number of urea groups is 1. The van der Waals surface area contributed by atoms with Gasteiger partial charge >= 0.3 is 6.03 Å². The molecule has 2 N–H and O–H groups in total. The van der Waals surface area contributed by atoms with Crippen LogP contribution in [0.25, 0.3) is 0 Å². The number of carbonyl (C=O) groups is 4. The minimum atomic E-state index is -1.29. The lowest BCUT2D eigenvalue weighted by Crippen LogP contribution is -2.42. The monoisotopic (exact) mass is 585 g/mol. The smallest absolute Gasteiger partial charge is 0.324 e. The van der Waals surface area contributed by atoms with Crippen LogP contribution in [0.5, 0.6) is 0 Å². The maximum Gasteiger partial charge on any atom is 0.324 e. The number of halogens is 3. The van der Waals surface area contributed by atoms with Crippen molar-refractivity contribution in [2.75, 3.05) is 51.0 Å². The molecule has 1 fully saturated rings. The van der Waals surface area contributed by atoms with E-state index in [1.54, 1.807) is 6.07 Å². The second-order valence-corrected chi connectivity index (χ2v) is 11.3. The lowest BCUT2D eigenvalue weighted by atomic mass is 9.94. The largest absolute Gasteiger partial charge is 0.336 e. The quantitative estimate of drug-likeness (QED) is 0.388. The van der Waals surface area contributed by atoms with Gasteiger partial charge in [0.2, 0.25) is 5.91 Å². The van der Waals surface area contributed by atoms with E-state index in [-0.39, 0.29) is 60.2 Å². The van der Waals surface area contributed by atoms with Crippen LogP contribution in [0, 0.1) is 11.6 Å². The molecule has 5 amide bonds. The molecule has 2 heterocycles. The van der Waals surface area contributed by atoms with Crippen LogP contribution in [0.4, 0.5) is 24.3 Å². The van der Waals surface area contributed by atoms with E-state index in [1.807, 2.05) is 20.8 Å². The molecule has 10 nitrogen and oxygen atoms in total. The maximum absolute atomic E-state index is 13.8. The minimum absolute atomic E-state index is 0.0177. The third kappa shape index (κ3) is 7.22. The molecule has 0 unspecified atom stereocenters. The van der Waals surface area contributed by atoms with E-state index in [4.69, 9.17) is 16.4 Å². The first-order chi connectivity index (χ1) is 18.2. The van der Waals surface area contributed by atoms with Gasteiger partial charge < -0.3 is 15.1 Å². The second-order valence-electron chi connectivity index (χ2n) is 9.84. The molecule has 1 aliphatic heterocycles. The van der Waals surface area contributed by atoms with E-state index >= 15 is 0 Å². The summed E-state index contributed by atoms with van der Waals surface area (Å²) in [6.07, 6.45) is 0.0177. The Bertz CT molecular complexity index is 1280. The van der Waals surface area contributed by atoms with Gasteiger partial charge in [-0.1, -0.05) is 32.4 Å². The van der Waals surface area contributed by atoms with Gasteiger partial charge in [0.05, 0.1) is 18.4 Å². The summed E-state index contributed by atoms with van der Waals surface area (Å²) < 4.78 is 27.2. The summed E-state index contributed by atoms with van der Waals surface area (Å²) in [7, 11) is 2.78. The number of hydrogen-bond acceptors (Lipinski definition) is 6. The van der Waals surface area contributed by atoms with Crippen molar-refractivity contribution in [2.24, 2.45) is 0 Å². The topological polar surface area (TPSA) is 111 Å². The summed E-state index contributed by atoms with van der Waals surface area (Å²) >= 11 is 7.01. The van der Waals surface area contributed by atoms with Gasteiger partial charge in [0.15, 0.2) is 11.6 Å². The number of thiophene rings is 1. The van der Waals surface area contributed by atoms with Crippen molar-refractivity contribution in [1.82, 2.24) is 14.9 Å². The molecule has 0 spiro atoms. The zero-order chi connectivity index (χ0) is 29.1. The molecule has 1 aliphatic rings. The van der Waals surface area contributed by atoms with Crippen LogP contribution in [0.3, 0.4) is 0 Å². The highest BCUT2D eigenvalue weighted by molar-refractivity contribution is 7.16. The number of nitrogens with one attached hydrogen (secondary N) is 2. The van der Waals surface area contributed by atoms with E-state index in [2.05, 4.69) is 10.6 Å². The molecule has 1 aromatic carbocycles. The summed E-state index contributed by atoms with van der Waals surface area (Å²) in [5, 5.41) is 5.67. The predicted molar refractivity (Wildman–Crippen MR) is 144 cm³/mol. The number of amides is 5. The van der Waals surface area contributed by atoms with E-state index in [0.717, 1.165) is 22.1 Å². The van der Waals surface area contributed by atoms with Crippen LogP contribution in [0.1, 0.15) is 42.4 Å². The first-order valence-corrected chi connectivity index (χ1v) is 13.2. The highest BCUT2D eigenvalue weighted by atomic mass is 35.5. The van der Waals surface area contributed by atoms with Crippen molar-refractivity contribution in [3.63, 3.8) is 0 Å². The van der Waals surface area contributed by atoms with Crippen LogP contribution < -0.4 is 10.6 Å². The zero-order valence-corrected chi connectivity index (χ0v) is 23.8. The Labute approximate surface area is 233 Å². The van der Waals surface area contributed by atoms with Crippen molar-refractivity contribution in [2.45, 2.75) is 32.6 Å². The second kappa shape index (κ2) is 12.3. The molecule has 0 atom stereocenters. The SMILES string of the molecule is CON(C)C(=O)CN1CCN(C(=O)c2cc(C(C)(C)C)sc2NC(=O)Nc2ccc(F)c(F)c2Cl)CCC1=O. The number of benzene rings is 1. The number of nitrogens with zero attached hydrogens (tertiary/aromatic N) is 3. The van der Waals surface area contributed by atoms with Crippen LogP contribution >= 0.6 is 22.9 Å². The van der Waals surface area contributed by atoms with Crippen molar-refractivity contribution in [1.29, 1.82) is 0 Å². The Hall–Kier alpha value is -3.29. The Balaban J connectivity index is 1.80. The molecular weight excluding hydrogens is 556 g/mol. The zero-order valence-electron chi connectivity index (χ0n) is 22.2. The van der Waals surface area contributed by atoms with Crippen LogP contribution in [-0.4, -0.2) is 79.0 Å². The molecule has 3 rings (SSSR count). The van der Waals surface area contributed by atoms with Crippen LogP contribution in [0.2, 0.25) is 5.02 Å². The van der Waals surface area contributed by atoms with Crippen molar-refractivity contribution in [3.8, 4) is 0 Å². The minimum Gasteiger partial charge on any atom is -0.336 e. The highest BCUT2D eigenvalue weighted by Crippen LogP contribution is 2.37. The first kappa shape index (κ1) is 30.3. The number of rotatable bonds is 6. The average molecular weight is 586 g/mol. The third-order valence-corrected chi connectivity index (χ3v) is 7.88. The molecule has 212 valence electrons. The first-order valence-electron chi connectivity index (χ1n) is 12.0. The summed E-state index contributed by atoms with van der Waals surface area (Å²) in [6.45, 7) is 6.11.